The van der Waals surface area contributed by atoms with Crippen LogP contribution >= 0.6 is 0 Å². The van der Waals surface area contributed by atoms with Gasteiger partial charge < -0.3 is 19.7 Å². The van der Waals surface area contributed by atoms with Crippen LogP contribution < -0.4 is 19.3 Å². The molecule has 1 aliphatic rings. The van der Waals surface area contributed by atoms with Crippen molar-refractivity contribution in [1.82, 2.24) is 5.32 Å². The van der Waals surface area contributed by atoms with Crippen molar-refractivity contribution >= 4 is 27.3 Å². The lowest BCUT2D eigenvalue weighted by atomic mass is 10.2. The van der Waals surface area contributed by atoms with Crippen LogP contribution in [-0.4, -0.2) is 60.5 Å². The fourth-order valence-corrected chi connectivity index (χ4v) is 4.52. The maximum atomic E-state index is 12.3. The van der Waals surface area contributed by atoms with Gasteiger partial charge in [-0.05, 0) is 48.4 Å². The monoisotopic (exact) mass is 461 g/mol. The Kier molecular flexibility index (Phi) is 8.35. The average Bonchev–Trinajstić information content (AvgIpc) is 2.81. The fourth-order valence-electron chi connectivity index (χ4n) is 3.55. The highest BCUT2D eigenvalue weighted by molar-refractivity contribution is 7.92. The standard InChI is InChI=1S/C23H31N3O5S/c1-30-22-11-9-21(10-12-22)26(32(2,28)29)13-3-4-23(27)24-18-19-5-7-20(8-6-19)25-14-16-31-17-15-25/h5-12H,3-4,13-18H2,1-2H3,(H,24,27). The van der Waals surface area contributed by atoms with Crippen molar-refractivity contribution in [2.75, 3.05) is 55.4 Å². The van der Waals surface area contributed by atoms with E-state index in [-0.39, 0.29) is 18.9 Å². The van der Waals surface area contributed by atoms with E-state index in [1.54, 1.807) is 31.4 Å². The molecule has 0 aromatic heterocycles. The number of nitrogens with one attached hydrogen (secondary N) is 1. The van der Waals surface area contributed by atoms with Crippen LogP contribution in [0.25, 0.3) is 0 Å². The van der Waals surface area contributed by atoms with E-state index < -0.39 is 10.0 Å². The Morgan fingerprint density at radius 3 is 2.34 bits per heavy atom. The normalized spacial score (nSPS) is 14.1. The minimum atomic E-state index is -3.46. The van der Waals surface area contributed by atoms with Gasteiger partial charge in [-0.15, -0.1) is 0 Å². The highest BCUT2D eigenvalue weighted by Crippen LogP contribution is 2.22. The van der Waals surface area contributed by atoms with Crippen LogP contribution in [0, 0.1) is 0 Å². The number of amides is 1. The van der Waals surface area contributed by atoms with Crippen LogP contribution in [0.2, 0.25) is 0 Å². The van der Waals surface area contributed by atoms with Gasteiger partial charge in [-0.3, -0.25) is 9.10 Å². The first-order valence-corrected chi connectivity index (χ1v) is 12.5. The number of anilines is 2. The van der Waals surface area contributed by atoms with Gasteiger partial charge in [-0.25, -0.2) is 8.42 Å². The third-order valence-electron chi connectivity index (χ3n) is 5.33. The molecular formula is C23H31N3O5S. The van der Waals surface area contributed by atoms with Crippen LogP contribution in [0.5, 0.6) is 5.75 Å². The minimum absolute atomic E-state index is 0.106. The van der Waals surface area contributed by atoms with Crippen molar-refractivity contribution in [2.24, 2.45) is 0 Å². The Morgan fingerprint density at radius 1 is 1.09 bits per heavy atom. The summed E-state index contributed by atoms with van der Waals surface area (Å²) in [6, 6.07) is 15.0. The molecule has 174 valence electrons. The second kappa shape index (κ2) is 11.2. The van der Waals surface area contributed by atoms with E-state index in [4.69, 9.17) is 9.47 Å². The molecule has 1 fully saturated rings. The summed E-state index contributed by atoms with van der Waals surface area (Å²) in [5.74, 6) is 0.546. The molecule has 0 spiro atoms. The number of morpholine rings is 1. The minimum Gasteiger partial charge on any atom is -0.497 e. The van der Waals surface area contributed by atoms with E-state index in [9.17, 15) is 13.2 Å². The topological polar surface area (TPSA) is 88.2 Å². The molecule has 8 nitrogen and oxygen atoms in total. The van der Waals surface area contributed by atoms with E-state index >= 15 is 0 Å². The fraction of sp³-hybridized carbons (Fsp3) is 0.435. The van der Waals surface area contributed by atoms with Gasteiger partial charge in [0.05, 0.1) is 32.3 Å². The Bertz CT molecular complexity index is 972. The molecule has 1 aliphatic heterocycles. The number of carbonyl (C=O) groups excluding carboxylic acids is 1. The lowest BCUT2D eigenvalue weighted by Gasteiger charge is -2.28. The molecule has 1 amide bonds. The van der Waals surface area contributed by atoms with E-state index in [1.807, 2.05) is 12.1 Å². The SMILES string of the molecule is COc1ccc(N(CCCC(=O)NCc2ccc(N3CCOCC3)cc2)S(C)(=O)=O)cc1. The summed E-state index contributed by atoms with van der Waals surface area (Å²) in [4.78, 5) is 14.5. The molecule has 0 radical (unpaired) electrons. The molecular weight excluding hydrogens is 430 g/mol. The first kappa shape index (κ1) is 23.9. The van der Waals surface area contributed by atoms with Gasteiger partial charge >= 0.3 is 0 Å². The summed E-state index contributed by atoms with van der Waals surface area (Å²) in [6.45, 7) is 3.93. The van der Waals surface area contributed by atoms with Gasteiger partial charge in [0.2, 0.25) is 15.9 Å². The third kappa shape index (κ3) is 6.86. The van der Waals surface area contributed by atoms with E-state index in [2.05, 4.69) is 22.3 Å². The first-order valence-electron chi connectivity index (χ1n) is 10.7. The molecule has 2 aromatic carbocycles. The molecule has 2 aromatic rings. The van der Waals surface area contributed by atoms with E-state index in [1.165, 1.54) is 4.31 Å². The summed E-state index contributed by atoms with van der Waals surface area (Å²) >= 11 is 0. The number of hydrogen-bond donors (Lipinski definition) is 1. The van der Waals surface area contributed by atoms with Crippen molar-refractivity contribution < 1.29 is 22.7 Å². The van der Waals surface area contributed by atoms with Gasteiger partial charge in [-0.1, -0.05) is 12.1 Å². The molecule has 0 unspecified atom stereocenters. The summed E-state index contributed by atoms with van der Waals surface area (Å²) in [5, 5.41) is 2.91. The highest BCUT2D eigenvalue weighted by atomic mass is 32.2. The second-order valence-corrected chi connectivity index (χ2v) is 9.59. The van der Waals surface area contributed by atoms with Gasteiger partial charge in [0, 0.05) is 38.3 Å². The summed E-state index contributed by atoms with van der Waals surface area (Å²) in [5.41, 5.74) is 2.73. The Hall–Kier alpha value is -2.78. The zero-order chi connectivity index (χ0) is 23.0. The molecule has 32 heavy (non-hydrogen) atoms. The Labute approximate surface area is 190 Å². The lowest BCUT2D eigenvalue weighted by molar-refractivity contribution is -0.121. The van der Waals surface area contributed by atoms with Gasteiger partial charge in [0.15, 0.2) is 0 Å². The number of carbonyl (C=O) groups is 1. The van der Waals surface area contributed by atoms with Gasteiger partial charge in [0.25, 0.3) is 0 Å². The zero-order valence-electron chi connectivity index (χ0n) is 18.6. The van der Waals surface area contributed by atoms with Gasteiger partial charge in [-0.2, -0.15) is 0 Å². The predicted octanol–water partition coefficient (Wildman–Crippen LogP) is 2.39. The van der Waals surface area contributed by atoms with Crippen molar-refractivity contribution in [1.29, 1.82) is 0 Å². The molecule has 1 heterocycles. The largest absolute Gasteiger partial charge is 0.497 e. The molecule has 9 heteroatoms. The van der Waals surface area contributed by atoms with Crippen molar-refractivity contribution in [3.63, 3.8) is 0 Å². The first-order chi connectivity index (χ1) is 15.4. The molecule has 0 saturated carbocycles. The summed E-state index contributed by atoms with van der Waals surface area (Å²) in [6.07, 6.45) is 1.83. The zero-order valence-corrected chi connectivity index (χ0v) is 19.4. The van der Waals surface area contributed by atoms with E-state index in [0.717, 1.165) is 43.8 Å². The summed E-state index contributed by atoms with van der Waals surface area (Å²) < 4.78 is 36.2. The van der Waals surface area contributed by atoms with Crippen molar-refractivity contribution in [2.45, 2.75) is 19.4 Å². The number of sulfonamides is 1. The maximum Gasteiger partial charge on any atom is 0.232 e. The number of rotatable bonds is 10. The highest BCUT2D eigenvalue weighted by Gasteiger charge is 2.18. The Balaban J connectivity index is 1.46. The average molecular weight is 462 g/mol. The van der Waals surface area contributed by atoms with Crippen LogP contribution in [0.1, 0.15) is 18.4 Å². The van der Waals surface area contributed by atoms with E-state index in [0.29, 0.717) is 24.4 Å². The number of nitrogens with zero attached hydrogens (tertiary/aromatic N) is 2. The van der Waals surface area contributed by atoms with Crippen molar-refractivity contribution in [3.8, 4) is 5.75 Å². The third-order valence-corrected chi connectivity index (χ3v) is 6.52. The van der Waals surface area contributed by atoms with Crippen LogP contribution in [0.3, 0.4) is 0 Å². The molecule has 0 atom stereocenters. The van der Waals surface area contributed by atoms with Crippen LogP contribution in [0.4, 0.5) is 11.4 Å². The molecule has 3 rings (SSSR count). The maximum absolute atomic E-state index is 12.3. The number of benzene rings is 2. The Morgan fingerprint density at radius 2 is 1.75 bits per heavy atom. The number of hydrogen-bond acceptors (Lipinski definition) is 6. The smallest absolute Gasteiger partial charge is 0.232 e. The summed E-state index contributed by atoms with van der Waals surface area (Å²) in [7, 11) is -1.90. The van der Waals surface area contributed by atoms with Crippen molar-refractivity contribution in [3.05, 3.63) is 54.1 Å². The molecule has 0 bridgehead atoms. The van der Waals surface area contributed by atoms with Crippen LogP contribution in [-0.2, 0) is 26.1 Å². The lowest BCUT2D eigenvalue weighted by Crippen LogP contribution is -2.36. The van der Waals surface area contributed by atoms with Crippen LogP contribution in [0.15, 0.2) is 48.5 Å². The molecule has 1 N–H and O–H groups in total. The quantitative estimate of drug-likeness (QED) is 0.585. The molecule has 0 aliphatic carbocycles. The van der Waals surface area contributed by atoms with Gasteiger partial charge in [0.1, 0.15) is 5.75 Å². The molecule has 1 saturated heterocycles. The predicted molar refractivity (Wildman–Crippen MR) is 126 cm³/mol. The number of ether oxygens (including phenoxy) is 2. The number of methoxy groups -OCH3 is 1. The second-order valence-electron chi connectivity index (χ2n) is 7.68.